The van der Waals surface area contributed by atoms with Crippen LogP contribution in [0.5, 0.6) is 5.75 Å². The second kappa shape index (κ2) is 5.35. The molecular weight excluding hydrogens is 250 g/mol. The van der Waals surface area contributed by atoms with Crippen molar-refractivity contribution in [2.45, 2.75) is 13.8 Å². The molecule has 0 atom stereocenters. The normalized spacial score (nSPS) is 10.4. The number of nitro benzene ring substituents is 1. The van der Waals surface area contributed by atoms with Gasteiger partial charge in [-0.15, -0.1) is 0 Å². The highest BCUT2D eigenvalue weighted by molar-refractivity contribution is 5.98. The average Bonchev–Trinajstić information content (AvgIpc) is 2.38. The van der Waals surface area contributed by atoms with Gasteiger partial charge in [0.25, 0.3) is 5.69 Å². The molecular formula is C12H13N3O4. The number of nitriles is 1. The van der Waals surface area contributed by atoms with Crippen LogP contribution in [0.4, 0.5) is 11.4 Å². The largest absolute Gasteiger partial charge is 0.495 e. The molecule has 0 unspecified atom stereocenters. The van der Waals surface area contributed by atoms with E-state index in [2.05, 4.69) is 5.32 Å². The highest BCUT2D eigenvalue weighted by Crippen LogP contribution is 2.30. The minimum absolute atomic E-state index is 0.157. The minimum atomic E-state index is -1.24. The molecule has 1 aromatic carbocycles. The number of nitrogens with zero attached hydrogens (tertiary/aromatic N) is 2. The number of nitro groups is 1. The van der Waals surface area contributed by atoms with Gasteiger partial charge in [0.15, 0.2) is 0 Å². The van der Waals surface area contributed by atoms with E-state index in [4.69, 9.17) is 10.00 Å². The summed E-state index contributed by atoms with van der Waals surface area (Å²) in [6.07, 6.45) is 0. The molecule has 0 aromatic heterocycles. The van der Waals surface area contributed by atoms with Gasteiger partial charge in [-0.3, -0.25) is 14.9 Å². The third-order valence-corrected chi connectivity index (χ3v) is 2.49. The first kappa shape index (κ1) is 14.4. The maximum atomic E-state index is 11.9. The summed E-state index contributed by atoms with van der Waals surface area (Å²) in [7, 11) is 1.38. The number of rotatable bonds is 4. The summed E-state index contributed by atoms with van der Waals surface area (Å²) in [6.45, 7) is 2.90. The fourth-order valence-electron chi connectivity index (χ4n) is 1.24. The van der Waals surface area contributed by atoms with E-state index in [0.717, 1.165) is 0 Å². The Hall–Kier alpha value is -2.62. The predicted molar refractivity (Wildman–Crippen MR) is 67.7 cm³/mol. The van der Waals surface area contributed by atoms with Crippen LogP contribution >= 0.6 is 0 Å². The van der Waals surface area contributed by atoms with Crippen LogP contribution in [0.3, 0.4) is 0 Å². The molecule has 7 heteroatoms. The fourth-order valence-corrected chi connectivity index (χ4v) is 1.24. The molecule has 7 nitrogen and oxygen atoms in total. The Kier molecular flexibility index (Phi) is 4.07. The summed E-state index contributed by atoms with van der Waals surface area (Å²) in [4.78, 5) is 22.0. The fraction of sp³-hybridized carbons (Fsp3) is 0.333. The summed E-state index contributed by atoms with van der Waals surface area (Å²) in [5.74, 6) is -0.276. The van der Waals surface area contributed by atoms with E-state index in [1.54, 1.807) is 0 Å². The number of non-ortho nitro benzene ring substituents is 1. The van der Waals surface area contributed by atoms with E-state index in [1.807, 2.05) is 6.07 Å². The van der Waals surface area contributed by atoms with Crippen molar-refractivity contribution < 1.29 is 14.5 Å². The third kappa shape index (κ3) is 3.19. The van der Waals surface area contributed by atoms with Crippen molar-refractivity contribution >= 4 is 17.3 Å². The molecule has 0 aliphatic heterocycles. The van der Waals surface area contributed by atoms with Gasteiger partial charge in [0.05, 0.1) is 23.8 Å². The van der Waals surface area contributed by atoms with Gasteiger partial charge in [0.1, 0.15) is 11.2 Å². The number of carbonyl (C=O) groups is 1. The van der Waals surface area contributed by atoms with Crippen LogP contribution in [-0.2, 0) is 4.79 Å². The number of hydrogen-bond donors (Lipinski definition) is 1. The van der Waals surface area contributed by atoms with Gasteiger partial charge < -0.3 is 10.1 Å². The summed E-state index contributed by atoms with van der Waals surface area (Å²) < 4.78 is 5.01. The Balaban J connectivity index is 3.12. The van der Waals surface area contributed by atoms with Gasteiger partial charge in [-0.2, -0.15) is 5.26 Å². The van der Waals surface area contributed by atoms with Crippen molar-refractivity contribution in [3.05, 3.63) is 28.3 Å². The Bertz CT molecular complexity index is 561. The first-order chi connectivity index (χ1) is 8.81. The van der Waals surface area contributed by atoms with Crippen molar-refractivity contribution in [1.29, 1.82) is 5.26 Å². The van der Waals surface area contributed by atoms with Crippen LogP contribution < -0.4 is 10.1 Å². The van der Waals surface area contributed by atoms with Crippen LogP contribution in [0.2, 0.25) is 0 Å². The number of amides is 1. The number of hydrogen-bond acceptors (Lipinski definition) is 5. The number of anilines is 1. The first-order valence-electron chi connectivity index (χ1n) is 5.37. The SMILES string of the molecule is COc1ccc([N+](=O)[O-])cc1NC(=O)C(C)(C)C#N. The molecule has 0 radical (unpaired) electrons. The Morgan fingerprint density at radius 1 is 1.53 bits per heavy atom. The zero-order valence-corrected chi connectivity index (χ0v) is 10.8. The van der Waals surface area contributed by atoms with Crippen LogP contribution in [0.1, 0.15) is 13.8 Å². The average molecular weight is 263 g/mol. The number of methoxy groups -OCH3 is 1. The van der Waals surface area contributed by atoms with Crippen molar-refractivity contribution in [3.8, 4) is 11.8 Å². The molecule has 0 saturated carbocycles. The van der Waals surface area contributed by atoms with Crippen molar-refractivity contribution in [2.24, 2.45) is 5.41 Å². The smallest absolute Gasteiger partial charge is 0.271 e. The molecule has 0 saturated heterocycles. The Morgan fingerprint density at radius 2 is 2.16 bits per heavy atom. The van der Waals surface area contributed by atoms with Gasteiger partial charge in [-0.25, -0.2) is 0 Å². The van der Waals surface area contributed by atoms with Gasteiger partial charge in [0, 0.05) is 12.1 Å². The molecule has 0 bridgehead atoms. The van der Waals surface area contributed by atoms with E-state index < -0.39 is 16.2 Å². The molecule has 1 N–H and O–H groups in total. The topological polar surface area (TPSA) is 105 Å². The summed E-state index contributed by atoms with van der Waals surface area (Å²) >= 11 is 0. The lowest BCUT2D eigenvalue weighted by Gasteiger charge is -2.16. The molecule has 0 spiro atoms. The second-order valence-electron chi connectivity index (χ2n) is 4.33. The van der Waals surface area contributed by atoms with E-state index in [9.17, 15) is 14.9 Å². The summed E-state index contributed by atoms with van der Waals surface area (Å²) in [5, 5.41) is 22.0. The van der Waals surface area contributed by atoms with Crippen molar-refractivity contribution in [1.82, 2.24) is 0 Å². The molecule has 1 rings (SSSR count). The number of carbonyl (C=O) groups excluding carboxylic acids is 1. The number of nitrogens with one attached hydrogen (secondary N) is 1. The number of ether oxygens (including phenoxy) is 1. The Labute approximate surface area is 109 Å². The number of benzene rings is 1. The van der Waals surface area contributed by atoms with Crippen LogP contribution in [-0.4, -0.2) is 17.9 Å². The standard InChI is InChI=1S/C12H13N3O4/c1-12(2,7-13)11(16)14-9-6-8(15(17)18)4-5-10(9)19-3/h4-6H,1-3H3,(H,14,16). The minimum Gasteiger partial charge on any atom is -0.495 e. The van der Waals surface area contributed by atoms with Gasteiger partial charge in [-0.05, 0) is 19.9 Å². The zero-order chi connectivity index (χ0) is 14.6. The monoisotopic (exact) mass is 263 g/mol. The van der Waals surface area contributed by atoms with Crippen LogP contribution in [0.15, 0.2) is 18.2 Å². The van der Waals surface area contributed by atoms with E-state index in [-0.39, 0.29) is 17.1 Å². The molecule has 0 heterocycles. The zero-order valence-electron chi connectivity index (χ0n) is 10.8. The quantitative estimate of drug-likeness (QED) is 0.661. The molecule has 100 valence electrons. The maximum absolute atomic E-state index is 11.9. The molecule has 1 amide bonds. The maximum Gasteiger partial charge on any atom is 0.271 e. The Morgan fingerprint density at radius 3 is 2.63 bits per heavy atom. The molecule has 0 aliphatic carbocycles. The predicted octanol–water partition coefficient (Wildman–Crippen LogP) is 2.09. The van der Waals surface area contributed by atoms with E-state index in [0.29, 0.717) is 0 Å². The molecule has 0 aliphatic rings. The lowest BCUT2D eigenvalue weighted by molar-refractivity contribution is -0.384. The summed E-state index contributed by atoms with van der Waals surface area (Å²) in [6, 6.07) is 5.68. The lowest BCUT2D eigenvalue weighted by atomic mass is 9.94. The highest BCUT2D eigenvalue weighted by Gasteiger charge is 2.28. The van der Waals surface area contributed by atoms with Crippen molar-refractivity contribution in [3.63, 3.8) is 0 Å². The highest BCUT2D eigenvalue weighted by atomic mass is 16.6. The van der Waals surface area contributed by atoms with Crippen LogP contribution in [0.25, 0.3) is 0 Å². The van der Waals surface area contributed by atoms with Gasteiger partial charge in [-0.1, -0.05) is 0 Å². The van der Waals surface area contributed by atoms with E-state index in [1.165, 1.54) is 39.2 Å². The first-order valence-corrected chi connectivity index (χ1v) is 5.37. The molecule has 19 heavy (non-hydrogen) atoms. The van der Waals surface area contributed by atoms with Gasteiger partial charge >= 0.3 is 0 Å². The van der Waals surface area contributed by atoms with Gasteiger partial charge in [0.2, 0.25) is 5.91 Å². The molecule has 1 aromatic rings. The van der Waals surface area contributed by atoms with E-state index >= 15 is 0 Å². The van der Waals surface area contributed by atoms with Crippen molar-refractivity contribution in [2.75, 3.05) is 12.4 Å². The summed E-state index contributed by atoms with van der Waals surface area (Å²) in [5.41, 5.74) is -1.26. The molecule has 0 fully saturated rings. The van der Waals surface area contributed by atoms with Crippen LogP contribution in [0, 0.1) is 26.9 Å². The lowest BCUT2D eigenvalue weighted by Crippen LogP contribution is -2.29. The third-order valence-electron chi connectivity index (χ3n) is 2.49. The second-order valence-corrected chi connectivity index (χ2v) is 4.33.